The normalized spacial score (nSPS) is 11.0. The minimum atomic E-state index is -0.148. The van der Waals surface area contributed by atoms with Crippen molar-refractivity contribution in [3.05, 3.63) is 35.9 Å². The van der Waals surface area contributed by atoms with Gasteiger partial charge in [0.15, 0.2) is 5.96 Å². The van der Waals surface area contributed by atoms with Crippen molar-refractivity contribution in [1.82, 2.24) is 10.6 Å². The highest BCUT2D eigenvalue weighted by atomic mass is 16.5. The molecule has 0 aromatic heterocycles. The highest BCUT2D eigenvalue weighted by Crippen LogP contribution is 2.00. The van der Waals surface area contributed by atoms with Gasteiger partial charge in [-0.25, -0.2) is 4.99 Å². The molecule has 0 heterocycles. The number of aliphatic imine (C=N–C) groups is 1. The number of guanidine groups is 1. The molecule has 0 radical (unpaired) electrons. The Morgan fingerprint density at radius 1 is 1.19 bits per heavy atom. The van der Waals surface area contributed by atoms with Gasteiger partial charge in [-0.3, -0.25) is 4.79 Å². The maximum Gasteiger partial charge on any atom is 0.305 e. The fourth-order valence-electron chi connectivity index (χ4n) is 1.77. The van der Waals surface area contributed by atoms with Crippen molar-refractivity contribution in [2.45, 2.75) is 33.2 Å². The van der Waals surface area contributed by atoms with Crippen molar-refractivity contribution in [3.63, 3.8) is 0 Å². The van der Waals surface area contributed by atoms with Crippen LogP contribution in [-0.2, 0) is 16.1 Å². The maximum atomic E-state index is 11.2. The van der Waals surface area contributed by atoms with Crippen LogP contribution in [0.4, 0.5) is 0 Å². The van der Waals surface area contributed by atoms with Gasteiger partial charge in [-0.15, -0.1) is 0 Å². The summed E-state index contributed by atoms with van der Waals surface area (Å²) in [6, 6.07) is 10.1. The molecule has 0 unspecified atom stereocenters. The summed E-state index contributed by atoms with van der Waals surface area (Å²) in [5.74, 6) is 0.621. The summed E-state index contributed by atoms with van der Waals surface area (Å²) in [7, 11) is 0. The van der Waals surface area contributed by atoms with Crippen LogP contribution in [0, 0.1) is 0 Å². The van der Waals surface area contributed by atoms with E-state index < -0.39 is 0 Å². The van der Waals surface area contributed by atoms with Crippen LogP contribution >= 0.6 is 0 Å². The number of rotatable bonds is 8. The Morgan fingerprint density at radius 2 is 1.95 bits per heavy atom. The number of hydrogen-bond acceptors (Lipinski definition) is 3. The van der Waals surface area contributed by atoms with E-state index in [0.717, 1.165) is 18.9 Å². The number of hydrogen-bond donors (Lipinski definition) is 2. The Labute approximate surface area is 126 Å². The van der Waals surface area contributed by atoms with E-state index in [4.69, 9.17) is 4.74 Å². The number of nitrogens with one attached hydrogen (secondary N) is 2. The van der Waals surface area contributed by atoms with E-state index >= 15 is 0 Å². The molecule has 0 saturated carbocycles. The van der Waals surface area contributed by atoms with Gasteiger partial charge in [-0.05, 0) is 25.8 Å². The van der Waals surface area contributed by atoms with Gasteiger partial charge in [0, 0.05) is 19.5 Å². The summed E-state index contributed by atoms with van der Waals surface area (Å²) in [5.41, 5.74) is 1.17. The van der Waals surface area contributed by atoms with Crippen LogP contribution < -0.4 is 10.6 Å². The molecule has 21 heavy (non-hydrogen) atoms. The zero-order valence-corrected chi connectivity index (χ0v) is 12.9. The molecule has 1 aromatic carbocycles. The predicted molar refractivity (Wildman–Crippen MR) is 85.1 cm³/mol. The average Bonchev–Trinajstić information content (AvgIpc) is 2.50. The Morgan fingerprint density at radius 3 is 2.62 bits per heavy atom. The molecule has 0 fully saturated rings. The van der Waals surface area contributed by atoms with Crippen LogP contribution in [0.1, 0.15) is 32.3 Å². The Hall–Kier alpha value is -2.04. The first kappa shape index (κ1) is 17.0. The van der Waals surface area contributed by atoms with E-state index in [9.17, 15) is 4.79 Å². The monoisotopic (exact) mass is 291 g/mol. The van der Waals surface area contributed by atoms with E-state index in [-0.39, 0.29) is 5.97 Å². The first-order chi connectivity index (χ1) is 10.3. The molecule has 0 aliphatic rings. The SMILES string of the molecule is CCNC(=NCc1ccccc1)NCCCC(=O)OCC. The quantitative estimate of drug-likeness (QED) is 0.333. The molecular formula is C16H25N3O2. The largest absolute Gasteiger partial charge is 0.466 e. The summed E-state index contributed by atoms with van der Waals surface area (Å²) >= 11 is 0. The summed E-state index contributed by atoms with van der Waals surface area (Å²) in [5, 5.41) is 6.41. The number of carbonyl (C=O) groups excluding carboxylic acids is 1. The number of nitrogens with zero attached hydrogens (tertiary/aromatic N) is 1. The minimum Gasteiger partial charge on any atom is -0.466 e. The van der Waals surface area contributed by atoms with E-state index in [1.807, 2.05) is 44.2 Å². The molecule has 0 bridgehead atoms. The molecule has 0 aliphatic carbocycles. The molecule has 116 valence electrons. The molecular weight excluding hydrogens is 266 g/mol. The molecule has 5 nitrogen and oxygen atoms in total. The standard InChI is InChI=1S/C16H25N3O2/c1-3-17-16(18-12-8-11-15(20)21-4-2)19-13-14-9-6-5-7-10-14/h5-7,9-10H,3-4,8,11-13H2,1-2H3,(H2,17,18,19). The van der Waals surface area contributed by atoms with Crippen LogP contribution in [0.2, 0.25) is 0 Å². The smallest absolute Gasteiger partial charge is 0.305 e. The van der Waals surface area contributed by atoms with Gasteiger partial charge < -0.3 is 15.4 Å². The lowest BCUT2D eigenvalue weighted by molar-refractivity contribution is -0.143. The lowest BCUT2D eigenvalue weighted by atomic mass is 10.2. The van der Waals surface area contributed by atoms with Gasteiger partial charge in [0.1, 0.15) is 0 Å². The van der Waals surface area contributed by atoms with Gasteiger partial charge >= 0.3 is 5.97 Å². The summed E-state index contributed by atoms with van der Waals surface area (Å²) in [6.07, 6.45) is 1.16. The Balaban J connectivity index is 2.34. The second kappa shape index (κ2) is 10.7. The van der Waals surface area contributed by atoms with Crippen molar-refractivity contribution >= 4 is 11.9 Å². The summed E-state index contributed by atoms with van der Waals surface area (Å²) in [4.78, 5) is 15.7. The zero-order chi connectivity index (χ0) is 15.3. The average molecular weight is 291 g/mol. The molecule has 2 N–H and O–H groups in total. The van der Waals surface area contributed by atoms with Gasteiger partial charge in [0.05, 0.1) is 13.2 Å². The van der Waals surface area contributed by atoms with Crippen molar-refractivity contribution in [2.75, 3.05) is 19.7 Å². The molecule has 0 aliphatic heterocycles. The van der Waals surface area contributed by atoms with Crippen LogP contribution in [-0.4, -0.2) is 31.6 Å². The summed E-state index contributed by atoms with van der Waals surface area (Å²) < 4.78 is 4.89. The van der Waals surface area contributed by atoms with E-state index in [1.54, 1.807) is 0 Å². The molecule has 0 saturated heterocycles. The fraction of sp³-hybridized carbons (Fsp3) is 0.500. The van der Waals surface area contributed by atoms with E-state index in [2.05, 4.69) is 15.6 Å². The van der Waals surface area contributed by atoms with Crippen LogP contribution in [0.15, 0.2) is 35.3 Å². The Kier molecular flexibility index (Phi) is 8.68. The highest BCUT2D eigenvalue weighted by Gasteiger charge is 2.02. The first-order valence-corrected chi connectivity index (χ1v) is 7.48. The molecule has 1 aromatic rings. The number of benzene rings is 1. The van der Waals surface area contributed by atoms with Crippen molar-refractivity contribution < 1.29 is 9.53 Å². The number of esters is 1. The van der Waals surface area contributed by atoms with Gasteiger partial charge in [-0.1, -0.05) is 30.3 Å². The van der Waals surface area contributed by atoms with Crippen LogP contribution in [0.3, 0.4) is 0 Å². The molecule has 0 amide bonds. The van der Waals surface area contributed by atoms with Gasteiger partial charge in [0.2, 0.25) is 0 Å². The molecule has 5 heteroatoms. The summed E-state index contributed by atoms with van der Waals surface area (Å²) in [6.45, 7) is 6.41. The van der Waals surface area contributed by atoms with E-state index in [0.29, 0.717) is 26.1 Å². The van der Waals surface area contributed by atoms with E-state index in [1.165, 1.54) is 5.56 Å². The third kappa shape index (κ3) is 7.97. The van der Waals surface area contributed by atoms with Gasteiger partial charge in [-0.2, -0.15) is 0 Å². The molecule has 0 atom stereocenters. The lowest BCUT2D eigenvalue weighted by Gasteiger charge is -2.11. The van der Waals surface area contributed by atoms with Crippen LogP contribution in [0.25, 0.3) is 0 Å². The predicted octanol–water partition coefficient (Wildman–Crippen LogP) is 2.08. The highest BCUT2D eigenvalue weighted by molar-refractivity contribution is 5.79. The van der Waals surface area contributed by atoms with Crippen molar-refractivity contribution in [1.29, 1.82) is 0 Å². The molecule has 1 rings (SSSR count). The number of carbonyl (C=O) groups is 1. The van der Waals surface area contributed by atoms with Crippen LogP contribution in [0.5, 0.6) is 0 Å². The minimum absolute atomic E-state index is 0.148. The number of ether oxygens (including phenoxy) is 1. The second-order valence-electron chi connectivity index (χ2n) is 4.52. The van der Waals surface area contributed by atoms with Crippen molar-refractivity contribution in [2.24, 2.45) is 4.99 Å². The third-order valence-electron chi connectivity index (χ3n) is 2.76. The first-order valence-electron chi connectivity index (χ1n) is 7.48. The Bertz CT molecular complexity index is 432. The van der Waals surface area contributed by atoms with Gasteiger partial charge in [0.25, 0.3) is 0 Å². The fourth-order valence-corrected chi connectivity index (χ4v) is 1.77. The topological polar surface area (TPSA) is 62.7 Å². The van der Waals surface area contributed by atoms with Crippen molar-refractivity contribution in [3.8, 4) is 0 Å². The third-order valence-corrected chi connectivity index (χ3v) is 2.76. The molecule has 0 spiro atoms. The maximum absolute atomic E-state index is 11.2. The lowest BCUT2D eigenvalue weighted by Crippen LogP contribution is -2.37. The zero-order valence-electron chi connectivity index (χ0n) is 12.9. The second-order valence-corrected chi connectivity index (χ2v) is 4.52.